The van der Waals surface area contributed by atoms with E-state index in [-0.39, 0.29) is 6.04 Å². The van der Waals surface area contributed by atoms with E-state index in [1.165, 1.54) is 16.0 Å². The number of hydrogen-bond acceptors (Lipinski definition) is 3. The summed E-state index contributed by atoms with van der Waals surface area (Å²) in [5.41, 5.74) is 3.26. The van der Waals surface area contributed by atoms with Crippen LogP contribution in [0.15, 0.2) is 35.7 Å². The third-order valence-electron chi connectivity index (χ3n) is 3.33. The van der Waals surface area contributed by atoms with Crippen molar-refractivity contribution in [3.8, 4) is 6.07 Å². The Labute approximate surface area is 118 Å². The van der Waals surface area contributed by atoms with Crippen molar-refractivity contribution in [2.75, 3.05) is 0 Å². The van der Waals surface area contributed by atoms with Gasteiger partial charge in [0.2, 0.25) is 0 Å². The zero-order valence-corrected chi connectivity index (χ0v) is 12.3. The first-order valence-corrected chi connectivity index (χ1v) is 7.30. The maximum Gasteiger partial charge on any atom is 0.0991 e. The number of aryl methyl sites for hydroxylation is 1. The van der Waals surface area contributed by atoms with Crippen molar-refractivity contribution in [1.82, 2.24) is 5.32 Å². The second-order valence-corrected chi connectivity index (χ2v) is 5.76. The molecule has 3 heteroatoms. The summed E-state index contributed by atoms with van der Waals surface area (Å²) in [6.07, 6.45) is 0. The van der Waals surface area contributed by atoms with E-state index in [0.29, 0.717) is 11.6 Å². The van der Waals surface area contributed by atoms with Crippen LogP contribution in [0.3, 0.4) is 0 Å². The zero-order chi connectivity index (χ0) is 13.8. The van der Waals surface area contributed by atoms with Crippen LogP contribution in [0.25, 0.3) is 0 Å². The molecule has 0 saturated heterocycles. The highest BCUT2D eigenvalue weighted by Gasteiger charge is 2.13. The first-order chi connectivity index (χ1) is 9.11. The fourth-order valence-corrected chi connectivity index (χ4v) is 3.17. The molecule has 2 unspecified atom stereocenters. The van der Waals surface area contributed by atoms with Gasteiger partial charge in [-0.2, -0.15) is 5.26 Å². The lowest BCUT2D eigenvalue weighted by Crippen LogP contribution is -2.22. The summed E-state index contributed by atoms with van der Waals surface area (Å²) in [7, 11) is 0. The lowest BCUT2D eigenvalue weighted by atomic mass is 10.0. The Morgan fingerprint density at radius 2 is 1.79 bits per heavy atom. The molecule has 0 fully saturated rings. The quantitative estimate of drug-likeness (QED) is 0.897. The normalized spacial score (nSPS) is 13.8. The lowest BCUT2D eigenvalue weighted by molar-refractivity contribution is 0.499. The molecule has 98 valence electrons. The van der Waals surface area contributed by atoms with Gasteiger partial charge in [-0.15, -0.1) is 11.3 Å². The minimum Gasteiger partial charge on any atom is -0.303 e. The van der Waals surface area contributed by atoms with E-state index < -0.39 is 0 Å². The minimum absolute atomic E-state index is 0.268. The molecule has 0 amide bonds. The Kier molecular flexibility index (Phi) is 4.36. The Bertz CT molecular complexity index is 578. The van der Waals surface area contributed by atoms with Crippen molar-refractivity contribution >= 4 is 11.3 Å². The molecule has 0 bridgehead atoms. The molecule has 2 atom stereocenters. The zero-order valence-electron chi connectivity index (χ0n) is 11.5. The number of nitrogens with zero attached hydrogens (tertiary/aromatic N) is 1. The SMILES string of the molecule is Cc1ccsc1C(C)NC(C)c1ccc(C#N)cc1. The second kappa shape index (κ2) is 6.01. The Morgan fingerprint density at radius 1 is 1.11 bits per heavy atom. The van der Waals surface area contributed by atoms with Crippen molar-refractivity contribution < 1.29 is 0 Å². The van der Waals surface area contributed by atoms with Gasteiger partial charge in [0, 0.05) is 17.0 Å². The molecular weight excluding hydrogens is 252 g/mol. The van der Waals surface area contributed by atoms with Crippen molar-refractivity contribution in [1.29, 1.82) is 5.26 Å². The number of hydrogen-bond donors (Lipinski definition) is 1. The molecular formula is C16H18N2S. The van der Waals surface area contributed by atoms with Gasteiger partial charge >= 0.3 is 0 Å². The number of nitrogens with one attached hydrogen (secondary N) is 1. The molecule has 0 aliphatic carbocycles. The largest absolute Gasteiger partial charge is 0.303 e. The highest BCUT2D eigenvalue weighted by Crippen LogP contribution is 2.26. The van der Waals surface area contributed by atoms with Gasteiger partial charge in [0.05, 0.1) is 11.6 Å². The molecule has 0 saturated carbocycles. The highest BCUT2D eigenvalue weighted by atomic mass is 32.1. The Balaban J connectivity index is 2.06. The van der Waals surface area contributed by atoms with Crippen LogP contribution in [0.2, 0.25) is 0 Å². The van der Waals surface area contributed by atoms with E-state index in [0.717, 1.165) is 0 Å². The first-order valence-electron chi connectivity index (χ1n) is 6.42. The summed E-state index contributed by atoms with van der Waals surface area (Å²) >= 11 is 1.80. The van der Waals surface area contributed by atoms with Gasteiger partial charge in [0.15, 0.2) is 0 Å². The summed E-state index contributed by atoms with van der Waals surface area (Å²) in [6.45, 7) is 6.50. The van der Waals surface area contributed by atoms with E-state index in [2.05, 4.69) is 43.6 Å². The summed E-state index contributed by atoms with van der Waals surface area (Å²) < 4.78 is 0. The average molecular weight is 270 g/mol. The molecule has 1 N–H and O–H groups in total. The van der Waals surface area contributed by atoms with Crippen molar-refractivity contribution in [3.63, 3.8) is 0 Å². The van der Waals surface area contributed by atoms with Crippen LogP contribution in [-0.4, -0.2) is 0 Å². The highest BCUT2D eigenvalue weighted by molar-refractivity contribution is 7.10. The molecule has 0 spiro atoms. The van der Waals surface area contributed by atoms with Gasteiger partial charge < -0.3 is 5.32 Å². The summed E-state index contributed by atoms with van der Waals surface area (Å²) in [5, 5.41) is 14.5. The van der Waals surface area contributed by atoms with E-state index in [4.69, 9.17) is 5.26 Å². The van der Waals surface area contributed by atoms with E-state index in [1.807, 2.05) is 24.3 Å². The lowest BCUT2D eigenvalue weighted by Gasteiger charge is -2.20. The van der Waals surface area contributed by atoms with Gasteiger partial charge in [-0.05, 0) is 55.5 Å². The number of rotatable bonds is 4. The third kappa shape index (κ3) is 3.23. The van der Waals surface area contributed by atoms with Crippen molar-refractivity contribution in [2.24, 2.45) is 0 Å². The summed E-state index contributed by atoms with van der Waals surface area (Å²) in [5.74, 6) is 0. The number of thiophene rings is 1. The number of benzene rings is 1. The number of nitriles is 1. The third-order valence-corrected chi connectivity index (χ3v) is 4.54. The van der Waals surface area contributed by atoms with Crippen LogP contribution in [-0.2, 0) is 0 Å². The topological polar surface area (TPSA) is 35.8 Å². The fraction of sp³-hybridized carbons (Fsp3) is 0.312. The fourth-order valence-electron chi connectivity index (χ4n) is 2.22. The maximum atomic E-state index is 8.80. The average Bonchev–Trinajstić information content (AvgIpc) is 2.85. The van der Waals surface area contributed by atoms with Crippen LogP contribution in [0.1, 0.15) is 47.5 Å². The molecule has 0 radical (unpaired) electrons. The van der Waals surface area contributed by atoms with Gasteiger partial charge in [0.25, 0.3) is 0 Å². The van der Waals surface area contributed by atoms with E-state index in [1.54, 1.807) is 11.3 Å². The second-order valence-electron chi connectivity index (χ2n) is 4.81. The molecule has 2 nitrogen and oxygen atoms in total. The van der Waals surface area contributed by atoms with Crippen LogP contribution < -0.4 is 5.32 Å². The van der Waals surface area contributed by atoms with Crippen LogP contribution >= 0.6 is 11.3 Å². The van der Waals surface area contributed by atoms with Gasteiger partial charge in [-0.3, -0.25) is 0 Å². The van der Waals surface area contributed by atoms with Crippen LogP contribution in [0.5, 0.6) is 0 Å². The monoisotopic (exact) mass is 270 g/mol. The molecule has 1 aromatic heterocycles. The van der Waals surface area contributed by atoms with Crippen molar-refractivity contribution in [2.45, 2.75) is 32.9 Å². The maximum absolute atomic E-state index is 8.80. The molecule has 1 heterocycles. The summed E-state index contributed by atoms with van der Waals surface area (Å²) in [4.78, 5) is 1.39. The molecule has 2 aromatic rings. The first kappa shape index (κ1) is 13.8. The molecule has 0 aliphatic heterocycles. The van der Waals surface area contributed by atoms with Crippen LogP contribution in [0, 0.1) is 18.3 Å². The van der Waals surface area contributed by atoms with Crippen molar-refractivity contribution in [3.05, 3.63) is 57.3 Å². The molecule has 0 aliphatic rings. The van der Waals surface area contributed by atoms with Gasteiger partial charge in [0.1, 0.15) is 0 Å². The minimum atomic E-state index is 0.268. The van der Waals surface area contributed by atoms with Gasteiger partial charge in [-0.25, -0.2) is 0 Å². The van der Waals surface area contributed by atoms with Gasteiger partial charge in [-0.1, -0.05) is 12.1 Å². The summed E-state index contributed by atoms with van der Waals surface area (Å²) in [6, 6.07) is 12.7. The van der Waals surface area contributed by atoms with Crippen LogP contribution in [0.4, 0.5) is 0 Å². The Hall–Kier alpha value is -1.63. The van der Waals surface area contributed by atoms with E-state index >= 15 is 0 Å². The smallest absolute Gasteiger partial charge is 0.0991 e. The molecule has 1 aromatic carbocycles. The van der Waals surface area contributed by atoms with E-state index in [9.17, 15) is 0 Å². The predicted octanol–water partition coefficient (Wildman–Crippen LogP) is 4.34. The molecule has 2 rings (SSSR count). The molecule has 19 heavy (non-hydrogen) atoms. The Morgan fingerprint density at radius 3 is 2.32 bits per heavy atom. The predicted molar refractivity (Wildman–Crippen MR) is 80.2 cm³/mol. The standard InChI is InChI=1S/C16H18N2S/c1-11-8-9-19-16(11)13(3)18-12(2)15-6-4-14(10-17)5-7-15/h4-9,12-13,18H,1-3H3.